The number of piperidine rings is 1. The molecule has 2 aliphatic rings. The number of H-pyrrole nitrogens is 2. The molecule has 0 bridgehead atoms. The van der Waals surface area contributed by atoms with Gasteiger partial charge in [0.1, 0.15) is 0 Å². The number of benzene rings is 1. The molecular weight excluding hydrogens is 372 g/mol. The van der Waals surface area contributed by atoms with Gasteiger partial charge in [0.25, 0.3) is 5.56 Å². The largest absolute Gasteiger partial charge is 0.381 e. The van der Waals surface area contributed by atoms with Crippen molar-refractivity contribution in [2.45, 2.75) is 30.2 Å². The topological polar surface area (TPSA) is 133 Å². The summed E-state index contributed by atoms with van der Waals surface area (Å²) in [6, 6.07) is 3.88. The second-order valence-electron chi connectivity index (χ2n) is 7.22. The highest BCUT2D eigenvalue weighted by atomic mass is 32.2. The molecule has 9 nitrogen and oxygen atoms in total. The lowest BCUT2D eigenvalue weighted by Gasteiger charge is -2.46. The van der Waals surface area contributed by atoms with Gasteiger partial charge in [-0.25, -0.2) is 17.9 Å². The Labute approximate surface area is 155 Å². The van der Waals surface area contributed by atoms with Gasteiger partial charge in [-0.2, -0.15) is 0 Å². The van der Waals surface area contributed by atoms with Gasteiger partial charge in [-0.1, -0.05) is 0 Å². The molecule has 146 valence electrons. The highest BCUT2D eigenvalue weighted by Gasteiger charge is 2.43. The standard InChI is InChI=1S/C17H22N4O5S/c22-15-12-9-11(1-2-13(12)19-16(23)20-15)27(24,25)21-14-10-18-6-3-17(14)4-7-26-8-5-17/h1-2,9,14,18,21H,3-8,10H2,(H2,19,20,22,23). The lowest BCUT2D eigenvalue weighted by Crippen LogP contribution is -2.58. The minimum atomic E-state index is -3.83. The fraction of sp³-hybridized carbons (Fsp3) is 0.529. The van der Waals surface area contributed by atoms with Gasteiger partial charge in [-0.3, -0.25) is 9.78 Å². The van der Waals surface area contributed by atoms with E-state index in [1.54, 1.807) is 0 Å². The van der Waals surface area contributed by atoms with Gasteiger partial charge in [0, 0.05) is 25.8 Å². The van der Waals surface area contributed by atoms with Crippen molar-refractivity contribution in [3.63, 3.8) is 0 Å². The maximum Gasteiger partial charge on any atom is 0.326 e. The van der Waals surface area contributed by atoms with Crippen molar-refractivity contribution in [1.82, 2.24) is 20.0 Å². The Hall–Kier alpha value is -2.01. The van der Waals surface area contributed by atoms with Crippen LogP contribution in [0.4, 0.5) is 0 Å². The number of aromatic amines is 2. The first kappa shape index (κ1) is 18.4. The number of fused-ring (bicyclic) bond motifs is 1. The highest BCUT2D eigenvalue weighted by molar-refractivity contribution is 7.89. The first-order valence-corrected chi connectivity index (χ1v) is 10.5. The quantitative estimate of drug-likeness (QED) is 0.563. The van der Waals surface area contributed by atoms with E-state index in [0.717, 1.165) is 25.8 Å². The van der Waals surface area contributed by atoms with Crippen LogP contribution < -0.4 is 21.3 Å². The Morgan fingerprint density at radius 3 is 2.67 bits per heavy atom. The smallest absolute Gasteiger partial charge is 0.326 e. The van der Waals surface area contributed by atoms with Crippen LogP contribution in [0.15, 0.2) is 32.7 Å². The Balaban J connectivity index is 1.67. The maximum atomic E-state index is 13.0. The third-order valence-electron chi connectivity index (χ3n) is 5.69. The molecule has 0 aliphatic carbocycles. The van der Waals surface area contributed by atoms with Crippen LogP contribution in [0.2, 0.25) is 0 Å². The summed E-state index contributed by atoms with van der Waals surface area (Å²) < 4.78 is 34.3. The minimum Gasteiger partial charge on any atom is -0.381 e. The molecule has 3 heterocycles. The summed E-state index contributed by atoms with van der Waals surface area (Å²) in [5.41, 5.74) is -1.07. The number of ether oxygens (including phenoxy) is 1. The SMILES string of the molecule is O=c1[nH]c(=O)c2cc(S(=O)(=O)NC3CNCCC34CCOCC4)ccc2[nH]1. The predicted molar refractivity (Wildman–Crippen MR) is 99.3 cm³/mol. The van der Waals surface area contributed by atoms with Gasteiger partial charge in [0.15, 0.2) is 0 Å². The Kier molecular flexibility index (Phi) is 4.66. The third-order valence-corrected chi connectivity index (χ3v) is 7.16. The van der Waals surface area contributed by atoms with Crippen molar-refractivity contribution in [2.75, 3.05) is 26.3 Å². The zero-order valence-corrected chi connectivity index (χ0v) is 15.5. The summed E-state index contributed by atoms with van der Waals surface area (Å²) in [5, 5.41) is 3.39. The first-order chi connectivity index (χ1) is 12.9. The van der Waals surface area contributed by atoms with E-state index in [4.69, 9.17) is 4.74 Å². The molecule has 0 saturated carbocycles. The van der Waals surface area contributed by atoms with Gasteiger partial charge in [-0.05, 0) is 49.4 Å². The van der Waals surface area contributed by atoms with Gasteiger partial charge in [0.05, 0.1) is 15.8 Å². The maximum absolute atomic E-state index is 13.0. The van der Waals surface area contributed by atoms with E-state index in [1.165, 1.54) is 18.2 Å². The number of aromatic nitrogens is 2. The van der Waals surface area contributed by atoms with Crippen LogP contribution in [0.1, 0.15) is 19.3 Å². The minimum absolute atomic E-state index is 0.000307. The monoisotopic (exact) mass is 394 g/mol. The Bertz CT molecular complexity index is 1060. The molecule has 4 N–H and O–H groups in total. The number of sulfonamides is 1. The van der Waals surface area contributed by atoms with Crippen molar-refractivity contribution in [1.29, 1.82) is 0 Å². The second-order valence-corrected chi connectivity index (χ2v) is 8.93. The number of rotatable bonds is 3. The summed E-state index contributed by atoms with van der Waals surface area (Å²) >= 11 is 0. The zero-order chi connectivity index (χ0) is 19.1. The molecule has 1 atom stereocenters. The van der Waals surface area contributed by atoms with Crippen LogP contribution in [-0.4, -0.2) is 50.7 Å². The van der Waals surface area contributed by atoms with E-state index >= 15 is 0 Å². The first-order valence-electron chi connectivity index (χ1n) is 8.97. The van der Waals surface area contributed by atoms with Crippen LogP contribution >= 0.6 is 0 Å². The fourth-order valence-corrected chi connectivity index (χ4v) is 5.45. The van der Waals surface area contributed by atoms with E-state index in [2.05, 4.69) is 20.0 Å². The van der Waals surface area contributed by atoms with E-state index in [1.807, 2.05) is 0 Å². The van der Waals surface area contributed by atoms with E-state index in [-0.39, 0.29) is 21.7 Å². The lowest BCUT2D eigenvalue weighted by atomic mass is 9.70. The fourth-order valence-electron chi connectivity index (χ4n) is 4.08. The molecule has 1 spiro atoms. The molecule has 10 heteroatoms. The molecule has 1 aromatic carbocycles. The highest BCUT2D eigenvalue weighted by Crippen LogP contribution is 2.39. The van der Waals surface area contributed by atoms with Crippen molar-refractivity contribution in [3.05, 3.63) is 39.0 Å². The molecule has 2 saturated heterocycles. The summed E-state index contributed by atoms with van der Waals surface area (Å²) in [4.78, 5) is 28.0. The average molecular weight is 394 g/mol. The molecule has 0 amide bonds. The molecule has 2 fully saturated rings. The summed E-state index contributed by atoms with van der Waals surface area (Å²) in [5.74, 6) is 0. The second kappa shape index (κ2) is 6.86. The summed E-state index contributed by atoms with van der Waals surface area (Å²) in [7, 11) is -3.83. The normalized spacial score (nSPS) is 22.9. The van der Waals surface area contributed by atoms with Crippen LogP contribution in [0.3, 0.4) is 0 Å². The molecule has 4 rings (SSSR count). The van der Waals surface area contributed by atoms with Crippen LogP contribution in [0.25, 0.3) is 10.9 Å². The summed E-state index contributed by atoms with van der Waals surface area (Å²) in [6.45, 7) is 2.69. The number of nitrogens with one attached hydrogen (secondary N) is 4. The Morgan fingerprint density at radius 1 is 1.11 bits per heavy atom. The molecule has 1 aromatic heterocycles. The van der Waals surface area contributed by atoms with E-state index < -0.39 is 21.3 Å². The van der Waals surface area contributed by atoms with Crippen molar-refractivity contribution in [3.8, 4) is 0 Å². The van der Waals surface area contributed by atoms with Crippen LogP contribution in [0, 0.1) is 5.41 Å². The van der Waals surface area contributed by atoms with Crippen molar-refractivity contribution < 1.29 is 13.2 Å². The number of hydrogen-bond acceptors (Lipinski definition) is 6. The van der Waals surface area contributed by atoms with Gasteiger partial charge in [0.2, 0.25) is 10.0 Å². The summed E-state index contributed by atoms with van der Waals surface area (Å²) in [6.07, 6.45) is 2.53. The molecular formula is C17H22N4O5S. The van der Waals surface area contributed by atoms with Crippen LogP contribution in [-0.2, 0) is 14.8 Å². The van der Waals surface area contributed by atoms with Gasteiger partial charge in [-0.15, -0.1) is 0 Å². The number of hydrogen-bond donors (Lipinski definition) is 4. The third kappa shape index (κ3) is 3.45. The average Bonchev–Trinajstić information content (AvgIpc) is 2.64. The lowest BCUT2D eigenvalue weighted by molar-refractivity contribution is -0.0150. The zero-order valence-electron chi connectivity index (χ0n) is 14.7. The molecule has 2 aliphatic heterocycles. The molecule has 0 radical (unpaired) electrons. The predicted octanol–water partition coefficient (Wildman–Crippen LogP) is -0.347. The van der Waals surface area contributed by atoms with E-state index in [9.17, 15) is 18.0 Å². The van der Waals surface area contributed by atoms with E-state index in [0.29, 0.717) is 25.3 Å². The Morgan fingerprint density at radius 2 is 1.89 bits per heavy atom. The van der Waals surface area contributed by atoms with Crippen LogP contribution in [0.5, 0.6) is 0 Å². The molecule has 27 heavy (non-hydrogen) atoms. The van der Waals surface area contributed by atoms with Crippen molar-refractivity contribution in [2.24, 2.45) is 5.41 Å². The van der Waals surface area contributed by atoms with Gasteiger partial charge >= 0.3 is 5.69 Å². The molecule has 1 unspecified atom stereocenters. The molecule has 2 aromatic rings. The van der Waals surface area contributed by atoms with Crippen molar-refractivity contribution >= 4 is 20.9 Å². The van der Waals surface area contributed by atoms with Gasteiger partial charge < -0.3 is 15.0 Å².